The van der Waals surface area contributed by atoms with E-state index in [0.29, 0.717) is 22.3 Å². The van der Waals surface area contributed by atoms with Gasteiger partial charge in [-0.25, -0.2) is 4.98 Å². The molecule has 0 atom stereocenters. The van der Waals surface area contributed by atoms with Crippen LogP contribution in [-0.2, 0) is 5.41 Å². The number of nitrogens with one attached hydrogen (secondary N) is 1. The normalized spacial score (nSPS) is 11.6. The second kappa shape index (κ2) is 7.33. The Kier molecular flexibility index (Phi) is 4.84. The second-order valence-electron chi connectivity index (χ2n) is 7.86. The van der Waals surface area contributed by atoms with E-state index >= 15 is 0 Å². The lowest BCUT2D eigenvalue weighted by molar-refractivity contribution is 0.102. The summed E-state index contributed by atoms with van der Waals surface area (Å²) in [7, 11) is 0. The van der Waals surface area contributed by atoms with Gasteiger partial charge in [-0.3, -0.25) is 4.79 Å². The summed E-state index contributed by atoms with van der Waals surface area (Å²) < 4.78 is 7.05. The summed E-state index contributed by atoms with van der Waals surface area (Å²) >= 11 is 1.43. The fraction of sp³-hybridized carbons (Fsp3) is 0.227. The van der Waals surface area contributed by atoms with E-state index in [4.69, 9.17) is 4.42 Å². The number of hydrogen-bond donors (Lipinski definition) is 1. The van der Waals surface area contributed by atoms with Gasteiger partial charge in [0.25, 0.3) is 5.91 Å². The highest BCUT2D eigenvalue weighted by molar-refractivity contribution is 7.12. The number of thiazole rings is 1. The zero-order valence-corrected chi connectivity index (χ0v) is 17.6. The van der Waals surface area contributed by atoms with Gasteiger partial charge >= 0.3 is 0 Å². The summed E-state index contributed by atoms with van der Waals surface area (Å²) in [6, 6.07) is 13.2. The predicted molar refractivity (Wildman–Crippen MR) is 115 cm³/mol. The van der Waals surface area contributed by atoms with Crippen molar-refractivity contribution in [2.24, 2.45) is 0 Å². The number of aryl methyl sites for hydroxylation is 1. The minimum atomic E-state index is -0.186. The van der Waals surface area contributed by atoms with E-state index in [9.17, 15) is 4.79 Å². The molecule has 7 heteroatoms. The summed E-state index contributed by atoms with van der Waals surface area (Å²) in [5, 5.41) is 10.0. The second-order valence-corrected chi connectivity index (χ2v) is 8.69. The first-order chi connectivity index (χ1) is 13.8. The molecule has 3 heterocycles. The maximum absolute atomic E-state index is 12.8. The molecule has 29 heavy (non-hydrogen) atoms. The van der Waals surface area contributed by atoms with Gasteiger partial charge in [0.15, 0.2) is 5.76 Å². The summed E-state index contributed by atoms with van der Waals surface area (Å²) in [6.07, 6.45) is 1.61. The number of rotatable bonds is 4. The predicted octanol–water partition coefficient (Wildman–Crippen LogP) is 5.45. The zero-order valence-electron chi connectivity index (χ0n) is 16.8. The average Bonchev–Trinajstić information content (AvgIpc) is 3.41. The molecular formula is C22H22N4O2S. The summed E-state index contributed by atoms with van der Waals surface area (Å²) in [4.78, 5) is 17.4. The zero-order chi connectivity index (χ0) is 20.6. The van der Waals surface area contributed by atoms with E-state index in [1.165, 1.54) is 16.9 Å². The summed E-state index contributed by atoms with van der Waals surface area (Å²) in [6.45, 7) is 8.32. The lowest BCUT2D eigenvalue weighted by atomic mass is 9.87. The molecule has 0 aliphatic rings. The molecule has 0 aliphatic heterocycles. The SMILES string of the molecule is Cc1cc(NC(=O)c2ccc(C(C)(C)C)cc2)n(-c2nc(-c3ccco3)cs2)n1. The van der Waals surface area contributed by atoms with Crippen LogP contribution in [0, 0.1) is 6.92 Å². The molecule has 0 radical (unpaired) electrons. The lowest BCUT2D eigenvalue weighted by Crippen LogP contribution is -2.16. The maximum Gasteiger partial charge on any atom is 0.256 e. The van der Waals surface area contributed by atoms with Gasteiger partial charge in [0.05, 0.1) is 12.0 Å². The molecule has 6 nitrogen and oxygen atoms in total. The number of carbonyl (C=O) groups excluding carboxylic acids is 1. The third-order valence-corrected chi connectivity index (χ3v) is 5.35. The van der Waals surface area contributed by atoms with Crippen LogP contribution in [-0.4, -0.2) is 20.7 Å². The molecule has 0 fully saturated rings. The molecule has 0 aliphatic carbocycles. The van der Waals surface area contributed by atoms with Crippen molar-refractivity contribution in [3.05, 3.63) is 70.9 Å². The quantitative estimate of drug-likeness (QED) is 0.489. The Morgan fingerprint density at radius 1 is 1.17 bits per heavy atom. The number of hydrogen-bond acceptors (Lipinski definition) is 5. The Hall–Kier alpha value is -3.19. The fourth-order valence-electron chi connectivity index (χ4n) is 2.94. The molecular weight excluding hydrogens is 384 g/mol. The summed E-state index contributed by atoms with van der Waals surface area (Å²) in [5.74, 6) is 1.09. The van der Waals surface area contributed by atoms with Gasteiger partial charge in [-0.15, -0.1) is 11.3 Å². The Morgan fingerprint density at radius 3 is 2.59 bits per heavy atom. The van der Waals surface area contributed by atoms with E-state index in [1.54, 1.807) is 10.9 Å². The van der Waals surface area contributed by atoms with Crippen LogP contribution in [0.3, 0.4) is 0 Å². The standard InChI is InChI=1S/C22H22N4O2S/c1-14-12-19(24-20(27)15-7-9-16(10-8-15)22(2,3)4)26(25-14)21-23-17(13-29-21)18-6-5-11-28-18/h5-13H,1-4H3,(H,24,27). The molecule has 4 aromatic rings. The first kappa shape index (κ1) is 19.1. The molecule has 3 aromatic heterocycles. The van der Waals surface area contributed by atoms with Crippen molar-refractivity contribution in [2.45, 2.75) is 33.1 Å². The number of amides is 1. The van der Waals surface area contributed by atoms with Crippen LogP contribution in [0.1, 0.15) is 42.4 Å². The van der Waals surface area contributed by atoms with Gasteiger partial charge in [-0.2, -0.15) is 9.78 Å². The Labute approximate surface area is 173 Å². The first-order valence-corrected chi connectivity index (χ1v) is 10.2. The number of benzene rings is 1. The highest BCUT2D eigenvalue weighted by Crippen LogP contribution is 2.27. The van der Waals surface area contributed by atoms with Crippen molar-refractivity contribution < 1.29 is 9.21 Å². The van der Waals surface area contributed by atoms with E-state index in [1.807, 2.05) is 54.8 Å². The molecule has 148 valence electrons. The van der Waals surface area contributed by atoms with Crippen LogP contribution >= 0.6 is 11.3 Å². The minimum Gasteiger partial charge on any atom is -0.463 e. The van der Waals surface area contributed by atoms with Crippen LogP contribution in [0.4, 0.5) is 5.82 Å². The molecule has 1 aromatic carbocycles. The van der Waals surface area contributed by atoms with Crippen LogP contribution < -0.4 is 5.32 Å². The molecule has 0 bridgehead atoms. The Morgan fingerprint density at radius 2 is 1.93 bits per heavy atom. The molecule has 0 unspecified atom stereocenters. The van der Waals surface area contributed by atoms with Crippen LogP contribution in [0.15, 0.2) is 58.5 Å². The van der Waals surface area contributed by atoms with Crippen LogP contribution in [0.5, 0.6) is 0 Å². The number of furan rings is 1. The van der Waals surface area contributed by atoms with Crippen molar-refractivity contribution >= 4 is 23.1 Å². The Balaban J connectivity index is 1.58. The number of anilines is 1. The molecule has 0 saturated carbocycles. The van der Waals surface area contributed by atoms with Crippen LogP contribution in [0.25, 0.3) is 16.6 Å². The van der Waals surface area contributed by atoms with Gasteiger partial charge in [0.1, 0.15) is 11.5 Å². The first-order valence-electron chi connectivity index (χ1n) is 9.29. The minimum absolute atomic E-state index is 0.0429. The van der Waals surface area contributed by atoms with Gasteiger partial charge in [0.2, 0.25) is 5.13 Å². The molecule has 1 N–H and O–H groups in total. The average molecular weight is 407 g/mol. The van der Waals surface area contributed by atoms with Gasteiger partial charge in [-0.05, 0) is 42.2 Å². The largest absolute Gasteiger partial charge is 0.463 e. The van der Waals surface area contributed by atoms with E-state index < -0.39 is 0 Å². The van der Waals surface area contributed by atoms with E-state index in [-0.39, 0.29) is 11.3 Å². The van der Waals surface area contributed by atoms with Crippen molar-refractivity contribution in [3.8, 4) is 16.6 Å². The highest BCUT2D eigenvalue weighted by atomic mass is 32.1. The third-order valence-electron chi connectivity index (χ3n) is 4.53. The number of nitrogens with zero attached hydrogens (tertiary/aromatic N) is 3. The number of aromatic nitrogens is 3. The van der Waals surface area contributed by atoms with Crippen molar-refractivity contribution in [1.82, 2.24) is 14.8 Å². The smallest absolute Gasteiger partial charge is 0.256 e. The molecule has 0 spiro atoms. The Bertz CT molecular complexity index is 1130. The maximum atomic E-state index is 12.8. The van der Waals surface area contributed by atoms with E-state index in [2.05, 4.69) is 36.2 Å². The third kappa shape index (κ3) is 4.00. The highest BCUT2D eigenvalue weighted by Gasteiger charge is 2.17. The van der Waals surface area contributed by atoms with Crippen molar-refractivity contribution in [2.75, 3.05) is 5.32 Å². The van der Waals surface area contributed by atoms with Crippen molar-refractivity contribution in [1.29, 1.82) is 0 Å². The number of carbonyl (C=O) groups is 1. The fourth-order valence-corrected chi connectivity index (χ4v) is 3.72. The topological polar surface area (TPSA) is 73.0 Å². The summed E-state index contributed by atoms with van der Waals surface area (Å²) in [5.41, 5.74) is 3.35. The lowest BCUT2D eigenvalue weighted by Gasteiger charge is -2.19. The van der Waals surface area contributed by atoms with Gasteiger partial charge in [0, 0.05) is 17.0 Å². The molecule has 0 saturated heterocycles. The molecule has 1 amide bonds. The monoisotopic (exact) mass is 406 g/mol. The molecule has 4 rings (SSSR count). The van der Waals surface area contributed by atoms with Gasteiger partial charge < -0.3 is 9.73 Å². The van der Waals surface area contributed by atoms with Crippen LogP contribution in [0.2, 0.25) is 0 Å². The van der Waals surface area contributed by atoms with E-state index in [0.717, 1.165) is 11.4 Å². The van der Waals surface area contributed by atoms with Gasteiger partial charge in [-0.1, -0.05) is 32.9 Å². The van der Waals surface area contributed by atoms with Crippen molar-refractivity contribution in [3.63, 3.8) is 0 Å².